The van der Waals surface area contributed by atoms with E-state index in [1.54, 1.807) is 56.3 Å². The molecule has 2 aromatic heterocycles. The largest absolute Gasteiger partial charge is 0.465 e. The van der Waals surface area contributed by atoms with E-state index in [4.69, 9.17) is 14.7 Å². The predicted molar refractivity (Wildman–Crippen MR) is 134 cm³/mol. The maximum Gasteiger partial charge on any atom is 0.421 e. The van der Waals surface area contributed by atoms with Crippen LogP contribution < -0.4 is 15.0 Å². The molecule has 36 heavy (non-hydrogen) atoms. The lowest BCUT2D eigenvalue weighted by molar-refractivity contribution is -0.141. The Balaban J connectivity index is 1.51. The maximum atomic E-state index is 13.0. The number of nitrogens with zero attached hydrogens (tertiary/aromatic N) is 4. The molecule has 0 aliphatic carbocycles. The number of carbonyl (C=O) groups excluding carboxylic acids is 2. The smallest absolute Gasteiger partial charge is 0.421 e. The van der Waals surface area contributed by atoms with Gasteiger partial charge in [0.05, 0.1) is 35.8 Å². The van der Waals surface area contributed by atoms with E-state index in [-0.39, 0.29) is 19.0 Å². The molecule has 0 radical (unpaired) electrons. The van der Waals surface area contributed by atoms with Crippen LogP contribution in [0.3, 0.4) is 0 Å². The molecular weight excluding hydrogens is 460 g/mol. The van der Waals surface area contributed by atoms with Crippen molar-refractivity contribution in [2.24, 2.45) is 0 Å². The van der Waals surface area contributed by atoms with Crippen LogP contribution >= 0.6 is 0 Å². The summed E-state index contributed by atoms with van der Waals surface area (Å²) in [5.74, 6) is 0.706. The van der Waals surface area contributed by atoms with E-state index in [0.29, 0.717) is 34.8 Å². The van der Waals surface area contributed by atoms with Crippen molar-refractivity contribution in [3.8, 4) is 11.8 Å². The van der Waals surface area contributed by atoms with Crippen molar-refractivity contribution in [2.45, 2.75) is 20.4 Å². The first-order valence-corrected chi connectivity index (χ1v) is 11.3. The Kier molecular flexibility index (Phi) is 7.41. The number of ether oxygens (including phenoxy) is 2. The van der Waals surface area contributed by atoms with E-state index >= 15 is 0 Å². The molecule has 0 spiro atoms. The van der Waals surface area contributed by atoms with Crippen LogP contribution in [0.5, 0.6) is 5.75 Å². The summed E-state index contributed by atoms with van der Waals surface area (Å²) in [7, 11) is 0. The molecule has 2 heterocycles. The standard InChI is InChI=1S/C26H24N6O4/c1-3-35-24(33)16-32(23-6-4-5-13-28-23)26(34)36-21-12-11-20-25(17(21)2)31-22(30-20)15-29-19-9-7-18(14-27)8-10-19/h4-13,29H,3,15-16H2,1-2H3,(H,30,31). The Morgan fingerprint density at radius 3 is 2.64 bits per heavy atom. The summed E-state index contributed by atoms with van der Waals surface area (Å²) >= 11 is 0. The van der Waals surface area contributed by atoms with Gasteiger partial charge in [0.2, 0.25) is 0 Å². The third-order valence-electron chi connectivity index (χ3n) is 5.32. The number of aromatic nitrogens is 3. The lowest BCUT2D eigenvalue weighted by atomic mass is 10.2. The van der Waals surface area contributed by atoms with Crippen molar-refractivity contribution < 1.29 is 19.1 Å². The van der Waals surface area contributed by atoms with Crippen LogP contribution in [0.2, 0.25) is 0 Å². The summed E-state index contributed by atoms with van der Waals surface area (Å²) in [6.45, 7) is 3.79. The third-order valence-corrected chi connectivity index (χ3v) is 5.32. The molecule has 182 valence electrons. The van der Waals surface area contributed by atoms with E-state index in [9.17, 15) is 9.59 Å². The van der Waals surface area contributed by atoms with Gasteiger partial charge in [0.1, 0.15) is 23.9 Å². The summed E-state index contributed by atoms with van der Waals surface area (Å²) in [6.07, 6.45) is 0.761. The quantitative estimate of drug-likeness (QED) is 0.353. The average molecular weight is 485 g/mol. The monoisotopic (exact) mass is 484 g/mol. The summed E-state index contributed by atoms with van der Waals surface area (Å²) < 4.78 is 10.6. The first-order valence-electron chi connectivity index (χ1n) is 11.3. The molecule has 4 aromatic rings. The van der Waals surface area contributed by atoms with Gasteiger partial charge in [0, 0.05) is 17.4 Å². The Morgan fingerprint density at radius 1 is 1.14 bits per heavy atom. The van der Waals surface area contributed by atoms with Gasteiger partial charge in [-0.2, -0.15) is 5.26 Å². The molecule has 0 bridgehead atoms. The number of carbonyl (C=O) groups is 2. The van der Waals surface area contributed by atoms with Crippen LogP contribution in [0.15, 0.2) is 60.8 Å². The number of amides is 1. The highest BCUT2D eigenvalue weighted by atomic mass is 16.6. The molecule has 1 amide bonds. The molecule has 0 aliphatic heterocycles. The first kappa shape index (κ1) is 24.2. The lowest BCUT2D eigenvalue weighted by Gasteiger charge is -2.20. The predicted octanol–water partition coefficient (Wildman–Crippen LogP) is 4.32. The summed E-state index contributed by atoms with van der Waals surface area (Å²) in [5, 5.41) is 12.2. The fourth-order valence-electron chi connectivity index (χ4n) is 3.53. The number of hydrogen-bond donors (Lipinski definition) is 2. The molecule has 10 heteroatoms. The highest BCUT2D eigenvalue weighted by Gasteiger charge is 2.24. The molecule has 4 rings (SSSR count). The van der Waals surface area contributed by atoms with Gasteiger partial charge in [0.15, 0.2) is 0 Å². The Hall–Kier alpha value is -4.91. The van der Waals surface area contributed by atoms with Gasteiger partial charge >= 0.3 is 12.1 Å². The van der Waals surface area contributed by atoms with Crippen LogP contribution in [-0.2, 0) is 16.1 Å². The lowest BCUT2D eigenvalue weighted by Crippen LogP contribution is -2.39. The molecule has 10 nitrogen and oxygen atoms in total. The van der Waals surface area contributed by atoms with Crippen molar-refractivity contribution in [3.05, 3.63) is 77.7 Å². The van der Waals surface area contributed by atoms with Crippen molar-refractivity contribution in [1.82, 2.24) is 15.0 Å². The van der Waals surface area contributed by atoms with Gasteiger partial charge in [-0.05, 0) is 62.4 Å². The summed E-state index contributed by atoms with van der Waals surface area (Å²) in [6, 6.07) is 17.7. The fourth-order valence-corrected chi connectivity index (χ4v) is 3.53. The number of H-pyrrole nitrogens is 1. The van der Waals surface area contributed by atoms with Crippen molar-refractivity contribution in [3.63, 3.8) is 0 Å². The number of fused-ring (bicyclic) bond motifs is 1. The van der Waals surface area contributed by atoms with Gasteiger partial charge in [-0.15, -0.1) is 0 Å². The number of hydrogen-bond acceptors (Lipinski definition) is 8. The van der Waals surface area contributed by atoms with Crippen LogP contribution in [0.4, 0.5) is 16.3 Å². The van der Waals surface area contributed by atoms with Crippen LogP contribution in [-0.4, -0.2) is 40.2 Å². The molecule has 0 fully saturated rings. The molecule has 0 saturated carbocycles. The van der Waals surface area contributed by atoms with Gasteiger partial charge in [-0.1, -0.05) is 6.07 Å². The van der Waals surface area contributed by atoms with E-state index in [2.05, 4.69) is 26.3 Å². The zero-order valence-corrected chi connectivity index (χ0v) is 19.8. The number of pyridine rings is 1. The average Bonchev–Trinajstić information content (AvgIpc) is 3.32. The van der Waals surface area contributed by atoms with E-state index in [1.165, 1.54) is 6.20 Å². The van der Waals surface area contributed by atoms with Gasteiger partial charge in [-0.3, -0.25) is 4.79 Å². The van der Waals surface area contributed by atoms with Crippen LogP contribution in [0, 0.1) is 18.3 Å². The fraction of sp³-hybridized carbons (Fsp3) is 0.192. The molecule has 0 saturated heterocycles. The molecule has 0 atom stereocenters. The number of esters is 1. The number of nitriles is 1. The van der Waals surface area contributed by atoms with Crippen molar-refractivity contribution in [2.75, 3.05) is 23.4 Å². The SMILES string of the molecule is CCOC(=O)CN(C(=O)Oc1ccc2[nH]c(CNc3ccc(C#N)cc3)nc2c1C)c1ccccn1. The third kappa shape index (κ3) is 5.59. The molecular formula is C26H24N6O4. The molecule has 0 unspecified atom stereocenters. The Labute approximate surface area is 207 Å². The van der Waals surface area contributed by atoms with Crippen molar-refractivity contribution >= 4 is 34.6 Å². The highest BCUT2D eigenvalue weighted by molar-refractivity contribution is 5.94. The number of anilines is 2. The minimum atomic E-state index is -0.762. The topological polar surface area (TPSA) is 133 Å². The zero-order chi connectivity index (χ0) is 25.5. The van der Waals surface area contributed by atoms with E-state index < -0.39 is 12.1 Å². The number of rotatable bonds is 8. The second-order valence-electron chi connectivity index (χ2n) is 7.76. The molecule has 2 aromatic carbocycles. The van der Waals surface area contributed by atoms with Gasteiger partial charge in [0.25, 0.3) is 0 Å². The number of aromatic amines is 1. The maximum absolute atomic E-state index is 13.0. The minimum absolute atomic E-state index is 0.196. The second-order valence-corrected chi connectivity index (χ2v) is 7.76. The van der Waals surface area contributed by atoms with E-state index in [1.807, 2.05) is 12.1 Å². The van der Waals surface area contributed by atoms with Crippen molar-refractivity contribution in [1.29, 1.82) is 5.26 Å². The second kappa shape index (κ2) is 11.0. The normalized spacial score (nSPS) is 10.5. The number of imidazole rings is 1. The summed E-state index contributed by atoms with van der Waals surface area (Å²) in [4.78, 5) is 38.3. The first-order chi connectivity index (χ1) is 17.5. The van der Waals surface area contributed by atoms with Crippen LogP contribution in [0.1, 0.15) is 23.9 Å². The molecule has 2 N–H and O–H groups in total. The Morgan fingerprint density at radius 2 is 1.94 bits per heavy atom. The van der Waals surface area contributed by atoms with E-state index in [0.717, 1.165) is 16.1 Å². The summed E-state index contributed by atoms with van der Waals surface area (Å²) in [5.41, 5.74) is 3.56. The van der Waals surface area contributed by atoms with Gasteiger partial charge in [-0.25, -0.2) is 19.7 Å². The Bertz CT molecular complexity index is 1410. The zero-order valence-electron chi connectivity index (χ0n) is 19.8. The van der Waals surface area contributed by atoms with Gasteiger partial charge < -0.3 is 19.8 Å². The number of benzene rings is 2. The number of aryl methyl sites for hydroxylation is 1. The highest BCUT2D eigenvalue weighted by Crippen LogP contribution is 2.27. The van der Waals surface area contributed by atoms with Crippen LogP contribution in [0.25, 0.3) is 11.0 Å². The number of nitrogens with one attached hydrogen (secondary N) is 2. The molecule has 0 aliphatic rings. The minimum Gasteiger partial charge on any atom is -0.465 e.